The monoisotopic (exact) mass is 460 g/mol. The zero-order chi connectivity index (χ0) is 22.8. The van der Waals surface area contributed by atoms with Crippen molar-refractivity contribution in [3.8, 4) is 0 Å². The van der Waals surface area contributed by atoms with Crippen molar-refractivity contribution < 1.29 is 14.3 Å². The fraction of sp³-hybridized carbons (Fsp3) is 0.259. The number of morpholine rings is 1. The first-order valence-corrected chi connectivity index (χ1v) is 11.6. The van der Waals surface area contributed by atoms with E-state index >= 15 is 0 Å². The van der Waals surface area contributed by atoms with Crippen molar-refractivity contribution in [2.75, 3.05) is 31.2 Å². The SMILES string of the molecule is Clc1ccccc1.O=C(c1cccc(N2C(=O)C3(CC3)c3ccccc32)c1)N1CCOCC1. The molecule has 0 unspecified atom stereocenters. The van der Waals surface area contributed by atoms with Crippen LogP contribution in [-0.4, -0.2) is 43.0 Å². The molecule has 33 heavy (non-hydrogen) atoms. The van der Waals surface area contributed by atoms with Crippen molar-refractivity contribution in [3.63, 3.8) is 0 Å². The maximum absolute atomic E-state index is 13.1. The number of carbonyl (C=O) groups excluding carboxylic acids is 2. The molecule has 1 saturated heterocycles. The van der Waals surface area contributed by atoms with E-state index in [4.69, 9.17) is 16.3 Å². The van der Waals surface area contributed by atoms with Crippen LogP contribution in [0.4, 0.5) is 11.4 Å². The highest BCUT2D eigenvalue weighted by Crippen LogP contribution is 2.58. The molecule has 1 spiro atoms. The molecule has 1 saturated carbocycles. The normalized spacial score (nSPS) is 17.9. The second kappa shape index (κ2) is 9.00. The Labute approximate surface area is 198 Å². The Hall–Kier alpha value is -3.15. The summed E-state index contributed by atoms with van der Waals surface area (Å²) in [6.45, 7) is 2.37. The molecule has 1 aliphatic carbocycles. The summed E-state index contributed by atoms with van der Waals surface area (Å²) < 4.78 is 5.33. The first-order chi connectivity index (χ1) is 16.1. The molecule has 6 rings (SSSR count). The molecule has 2 fully saturated rings. The number of amides is 2. The van der Waals surface area contributed by atoms with Gasteiger partial charge in [0.05, 0.1) is 24.3 Å². The highest BCUT2D eigenvalue weighted by Gasteiger charge is 2.59. The van der Waals surface area contributed by atoms with E-state index in [0.29, 0.717) is 31.9 Å². The number of hydrogen-bond donors (Lipinski definition) is 0. The van der Waals surface area contributed by atoms with Gasteiger partial charge in [-0.1, -0.05) is 54.1 Å². The fourth-order valence-corrected chi connectivity index (χ4v) is 4.66. The lowest BCUT2D eigenvalue weighted by molar-refractivity contribution is -0.119. The van der Waals surface area contributed by atoms with Crippen LogP contribution in [0, 0.1) is 0 Å². The number of benzene rings is 3. The maximum Gasteiger partial charge on any atom is 0.254 e. The third-order valence-electron chi connectivity index (χ3n) is 6.41. The van der Waals surface area contributed by atoms with E-state index in [0.717, 1.165) is 34.8 Å². The summed E-state index contributed by atoms with van der Waals surface area (Å²) in [7, 11) is 0. The van der Waals surface area contributed by atoms with E-state index in [2.05, 4.69) is 6.07 Å². The van der Waals surface area contributed by atoms with Gasteiger partial charge < -0.3 is 9.64 Å². The number of halogens is 1. The van der Waals surface area contributed by atoms with Crippen LogP contribution in [0.1, 0.15) is 28.8 Å². The van der Waals surface area contributed by atoms with Gasteiger partial charge in [0.1, 0.15) is 0 Å². The van der Waals surface area contributed by atoms with Crippen LogP contribution in [-0.2, 0) is 14.9 Å². The van der Waals surface area contributed by atoms with E-state index in [1.54, 1.807) is 4.90 Å². The first-order valence-electron chi connectivity index (χ1n) is 11.2. The van der Waals surface area contributed by atoms with Gasteiger partial charge in [0.15, 0.2) is 0 Å². The second-order valence-corrected chi connectivity index (χ2v) is 8.93. The van der Waals surface area contributed by atoms with Crippen LogP contribution < -0.4 is 4.90 Å². The van der Waals surface area contributed by atoms with E-state index in [1.165, 1.54) is 0 Å². The van der Waals surface area contributed by atoms with Crippen molar-refractivity contribution in [1.82, 2.24) is 4.90 Å². The lowest BCUT2D eigenvalue weighted by Gasteiger charge is -2.27. The highest BCUT2D eigenvalue weighted by atomic mass is 35.5. The third kappa shape index (κ3) is 4.14. The third-order valence-corrected chi connectivity index (χ3v) is 6.66. The van der Waals surface area contributed by atoms with Crippen molar-refractivity contribution in [2.24, 2.45) is 0 Å². The van der Waals surface area contributed by atoms with Gasteiger partial charge in [-0.05, 0) is 54.8 Å². The Morgan fingerprint density at radius 1 is 0.879 bits per heavy atom. The molecule has 3 aromatic rings. The molecule has 0 aromatic heterocycles. The Kier molecular flexibility index (Phi) is 5.92. The molecule has 0 radical (unpaired) electrons. The molecular weight excluding hydrogens is 436 g/mol. The number of hydrogen-bond acceptors (Lipinski definition) is 3. The first kappa shape index (κ1) is 21.7. The number of nitrogens with zero attached hydrogens (tertiary/aromatic N) is 2. The van der Waals surface area contributed by atoms with Crippen molar-refractivity contribution in [2.45, 2.75) is 18.3 Å². The largest absolute Gasteiger partial charge is 0.378 e. The van der Waals surface area contributed by atoms with E-state index < -0.39 is 0 Å². The van der Waals surface area contributed by atoms with Crippen molar-refractivity contribution >= 4 is 34.8 Å². The summed E-state index contributed by atoms with van der Waals surface area (Å²) in [5.41, 5.74) is 3.12. The number of para-hydroxylation sites is 1. The second-order valence-electron chi connectivity index (χ2n) is 8.49. The van der Waals surface area contributed by atoms with Gasteiger partial charge in [-0.3, -0.25) is 14.5 Å². The summed E-state index contributed by atoms with van der Waals surface area (Å²) in [5.74, 6) is 0.130. The quantitative estimate of drug-likeness (QED) is 0.527. The van der Waals surface area contributed by atoms with Crippen LogP contribution in [0.5, 0.6) is 0 Å². The van der Waals surface area contributed by atoms with Gasteiger partial charge in [0.2, 0.25) is 5.91 Å². The Bertz CT molecular complexity index is 1170. The predicted molar refractivity (Wildman–Crippen MR) is 129 cm³/mol. The van der Waals surface area contributed by atoms with Crippen LogP contribution in [0.15, 0.2) is 78.9 Å². The minimum atomic E-state index is -0.333. The Balaban J connectivity index is 0.000000281. The number of carbonyl (C=O) groups is 2. The van der Waals surface area contributed by atoms with Crippen LogP contribution in [0.3, 0.4) is 0 Å². The van der Waals surface area contributed by atoms with Crippen molar-refractivity contribution in [3.05, 3.63) is 95.0 Å². The molecular formula is C27H25ClN2O3. The zero-order valence-corrected chi connectivity index (χ0v) is 19.0. The molecule has 3 aliphatic rings. The smallest absolute Gasteiger partial charge is 0.254 e. The number of rotatable bonds is 2. The zero-order valence-electron chi connectivity index (χ0n) is 18.2. The lowest BCUT2D eigenvalue weighted by Crippen LogP contribution is -2.40. The molecule has 0 N–H and O–H groups in total. The standard InChI is InChI=1S/C21H20N2O3.C6H5Cl/c24-19(22-10-12-26-13-11-22)15-4-3-5-16(14-15)23-18-7-2-1-6-17(18)21(8-9-21)20(23)25;7-6-4-2-1-3-5-6/h1-7,14H,8-13H2;1-5H. The molecule has 2 aliphatic heterocycles. The molecule has 2 amide bonds. The molecule has 0 bridgehead atoms. The van der Waals surface area contributed by atoms with Crippen molar-refractivity contribution in [1.29, 1.82) is 0 Å². The molecule has 6 heteroatoms. The molecule has 5 nitrogen and oxygen atoms in total. The van der Waals surface area contributed by atoms with E-state index in [-0.39, 0.29) is 17.2 Å². The van der Waals surface area contributed by atoms with E-state index in [9.17, 15) is 9.59 Å². The Morgan fingerprint density at radius 3 is 2.24 bits per heavy atom. The van der Waals surface area contributed by atoms with Gasteiger partial charge in [-0.25, -0.2) is 0 Å². The number of fused-ring (bicyclic) bond motifs is 2. The summed E-state index contributed by atoms with van der Waals surface area (Å²) in [6, 6.07) is 24.9. The Morgan fingerprint density at radius 2 is 1.58 bits per heavy atom. The summed E-state index contributed by atoms with van der Waals surface area (Å²) in [4.78, 5) is 29.5. The summed E-state index contributed by atoms with van der Waals surface area (Å²) in [5, 5.41) is 0.794. The maximum atomic E-state index is 13.1. The lowest BCUT2D eigenvalue weighted by atomic mass is 9.98. The molecule has 3 aromatic carbocycles. The van der Waals surface area contributed by atoms with Gasteiger partial charge in [-0.2, -0.15) is 0 Å². The average Bonchev–Trinajstić information content (AvgIpc) is 3.63. The van der Waals surface area contributed by atoms with Gasteiger partial charge >= 0.3 is 0 Å². The summed E-state index contributed by atoms with van der Waals surface area (Å²) in [6.07, 6.45) is 1.82. The number of anilines is 2. The van der Waals surface area contributed by atoms with Gasteiger partial charge in [0, 0.05) is 29.4 Å². The highest BCUT2D eigenvalue weighted by molar-refractivity contribution is 6.30. The molecule has 2 heterocycles. The average molecular weight is 461 g/mol. The topological polar surface area (TPSA) is 49.9 Å². The minimum absolute atomic E-state index is 0.00350. The van der Waals surface area contributed by atoms with Gasteiger partial charge in [0.25, 0.3) is 5.91 Å². The summed E-state index contributed by atoms with van der Waals surface area (Å²) >= 11 is 5.54. The predicted octanol–water partition coefficient (Wildman–Crippen LogP) is 5.21. The molecule has 168 valence electrons. The van der Waals surface area contributed by atoms with Crippen LogP contribution >= 0.6 is 11.6 Å². The fourth-order valence-electron chi connectivity index (χ4n) is 4.52. The minimum Gasteiger partial charge on any atom is -0.378 e. The van der Waals surface area contributed by atoms with Crippen LogP contribution in [0.25, 0.3) is 0 Å². The van der Waals surface area contributed by atoms with Crippen LogP contribution in [0.2, 0.25) is 5.02 Å². The van der Waals surface area contributed by atoms with Gasteiger partial charge in [-0.15, -0.1) is 0 Å². The molecule has 0 atom stereocenters. The van der Waals surface area contributed by atoms with E-state index in [1.807, 2.05) is 77.7 Å². The number of ether oxygens (including phenoxy) is 1.